The number of β-amino-alcohol motifs (C(OH)–C–C–N with tert-alkyl or cyclic N) is 1. The summed E-state index contributed by atoms with van der Waals surface area (Å²) in [5, 5.41) is 13.2. The van der Waals surface area contributed by atoms with Crippen molar-refractivity contribution in [1.29, 1.82) is 0 Å². The Bertz CT molecular complexity index is 1670. The van der Waals surface area contributed by atoms with Crippen LogP contribution in [0.5, 0.6) is 5.75 Å². The van der Waals surface area contributed by atoms with Crippen molar-refractivity contribution in [2.45, 2.75) is 88.5 Å². The summed E-state index contributed by atoms with van der Waals surface area (Å²) < 4.78 is 41.9. The number of carbonyl (C=O) groups is 1. The molecule has 2 N–H and O–H groups in total. The van der Waals surface area contributed by atoms with Gasteiger partial charge in [0, 0.05) is 56.9 Å². The first-order chi connectivity index (χ1) is 23.7. The van der Waals surface area contributed by atoms with Crippen LogP contribution >= 0.6 is 11.6 Å². The predicted molar refractivity (Wildman–Crippen MR) is 196 cm³/mol. The molecule has 6 rings (SSSR count). The molecule has 3 heterocycles. The van der Waals surface area contributed by atoms with Crippen molar-refractivity contribution < 1.29 is 27.8 Å². The molecule has 2 bridgehead atoms. The minimum Gasteiger partial charge on any atom is -0.487 e. The van der Waals surface area contributed by atoms with Crippen LogP contribution in [-0.2, 0) is 32.6 Å². The van der Waals surface area contributed by atoms with E-state index in [1.165, 1.54) is 6.07 Å². The fraction of sp³-hybridized carbons (Fsp3) is 0.605. The number of nitrogens with one attached hydrogen (secondary N) is 1. The number of aryl methyl sites for hydroxylation is 1. The lowest BCUT2D eigenvalue weighted by Crippen LogP contribution is -2.58. The zero-order valence-electron chi connectivity index (χ0n) is 29.9. The Morgan fingerprint density at radius 1 is 1.02 bits per heavy atom. The Balaban J connectivity index is 1.36. The summed E-state index contributed by atoms with van der Waals surface area (Å²) >= 11 is 6.37. The Morgan fingerprint density at radius 2 is 1.80 bits per heavy atom. The van der Waals surface area contributed by atoms with E-state index in [1.54, 1.807) is 32.1 Å². The molecular formula is C38H53ClN4O6S. The van der Waals surface area contributed by atoms with Crippen molar-refractivity contribution in [3.63, 3.8) is 0 Å². The third-order valence-corrected chi connectivity index (χ3v) is 12.7. The van der Waals surface area contributed by atoms with Gasteiger partial charge in [0.2, 0.25) is 0 Å². The zero-order chi connectivity index (χ0) is 35.7. The Kier molecular flexibility index (Phi) is 11.2. The van der Waals surface area contributed by atoms with Gasteiger partial charge in [-0.1, -0.05) is 29.8 Å². The summed E-state index contributed by atoms with van der Waals surface area (Å²) in [6, 6.07) is 11.1. The second kappa shape index (κ2) is 15.1. The number of hydrogen-bond acceptors (Lipinski definition) is 9. The highest BCUT2D eigenvalue weighted by atomic mass is 35.5. The van der Waals surface area contributed by atoms with Gasteiger partial charge in [-0.2, -0.15) is 0 Å². The minimum atomic E-state index is -4.23. The highest BCUT2D eigenvalue weighted by Crippen LogP contribution is 2.45. The molecular weight excluding hydrogens is 676 g/mol. The van der Waals surface area contributed by atoms with E-state index < -0.39 is 27.1 Å². The number of carbonyl (C=O) groups excluding carboxylic acids is 1. The van der Waals surface area contributed by atoms with Gasteiger partial charge in [-0.25, -0.2) is 13.1 Å². The van der Waals surface area contributed by atoms with Gasteiger partial charge in [0.25, 0.3) is 15.9 Å². The van der Waals surface area contributed by atoms with E-state index >= 15 is 0 Å². The van der Waals surface area contributed by atoms with E-state index in [4.69, 9.17) is 21.1 Å². The van der Waals surface area contributed by atoms with E-state index in [1.807, 2.05) is 24.3 Å². The molecule has 1 amide bonds. The molecule has 3 aliphatic heterocycles. The zero-order valence-corrected chi connectivity index (χ0v) is 31.4. The molecule has 12 heteroatoms. The van der Waals surface area contributed by atoms with Crippen LogP contribution in [0.1, 0.15) is 64.5 Å². The second-order valence-electron chi connectivity index (χ2n) is 15.2. The van der Waals surface area contributed by atoms with E-state index in [0.29, 0.717) is 48.7 Å². The third kappa shape index (κ3) is 8.34. The first-order valence-corrected chi connectivity index (χ1v) is 20.0. The van der Waals surface area contributed by atoms with Crippen LogP contribution in [0.25, 0.3) is 0 Å². The lowest BCUT2D eigenvalue weighted by molar-refractivity contribution is -0.139. The first-order valence-electron chi connectivity index (χ1n) is 18.1. The molecule has 274 valence electrons. The van der Waals surface area contributed by atoms with Crippen molar-refractivity contribution in [3.05, 3.63) is 64.7 Å². The van der Waals surface area contributed by atoms with E-state index in [0.717, 1.165) is 69.4 Å². The average Bonchev–Trinajstić information content (AvgIpc) is 3.08. The molecule has 2 fully saturated rings. The lowest BCUT2D eigenvalue weighted by atomic mass is 9.64. The van der Waals surface area contributed by atoms with Crippen LogP contribution in [-0.4, -0.2) is 98.9 Å². The Hall–Kier alpha value is -2.67. The standard InChI is InChI=1S/C38H53ClN4O6S/c1-27(2)42-19-17-41(18-20-42)26-38(45)15-7-21-49-37(3,4)36(44)40-50(46,47)32-12-14-35-34(23-32)43(24-29-10-13-33(29)38)16-6-5-8-28-22-31(39)11-9-30(28)25-48-35/h7,9,11-12,14-15,22-23,27,29,33,45H,5-6,8,10,13,16-21,24-26H2,1-4H3,(H,40,44)/b15-7+/t29-,33+,38?/m0/s1. The summed E-state index contributed by atoms with van der Waals surface area (Å²) in [4.78, 5) is 20.4. The molecule has 1 saturated heterocycles. The number of halogens is 1. The normalized spacial score (nSPS) is 28.6. The molecule has 2 aromatic rings. The van der Waals surface area contributed by atoms with Gasteiger partial charge in [0.05, 0.1) is 22.8 Å². The van der Waals surface area contributed by atoms with E-state index in [9.17, 15) is 18.3 Å². The summed E-state index contributed by atoms with van der Waals surface area (Å²) in [6.07, 6.45) is 8.15. The summed E-state index contributed by atoms with van der Waals surface area (Å²) in [5.74, 6) is -0.0417. The van der Waals surface area contributed by atoms with Crippen LogP contribution in [0.2, 0.25) is 5.02 Å². The predicted octanol–water partition coefficient (Wildman–Crippen LogP) is 5.01. The molecule has 1 saturated carbocycles. The van der Waals surface area contributed by atoms with Crippen molar-refractivity contribution in [1.82, 2.24) is 14.5 Å². The highest BCUT2D eigenvalue weighted by Gasteiger charge is 2.47. The van der Waals surface area contributed by atoms with Gasteiger partial charge in [-0.15, -0.1) is 0 Å². The Morgan fingerprint density at radius 3 is 2.52 bits per heavy atom. The molecule has 0 radical (unpaired) electrons. The molecule has 1 unspecified atom stereocenters. The van der Waals surface area contributed by atoms with Crippen molar-refractivity contribution in [3.8, 4) is 5.75 Å². The van der Waals surface area contributed by atoms with Crippen LogP contribution in [0.3, 0.4) is 0 Å². The summed E-state index contributed by atoms with van der Waals surface area (Å²) in [7, 11) is -4.23. The topological polar surface area (TPSA) is 112 Å². The number of hydrogen-bond donors (Lipinski definition) is 2. The number of rotatable bonds is 3. The van der Waals surface area contributed by atoms with Crippen molar-refractivity contribution in [2.75, 3.05) is 57.3 Å². The smallest absolute Gasteiger partial charge is 0.265 e. The summed E-state index contributed by atoms with van der Waals surface area (Å²) in [6.45, 7) is 13.4. The van der Waals surface area contributed by atoms with Gasteiger partial charge < -0.3 is 19.5 Å². The molecule has 0 spiro atoms. The van der Waals surface area contributed by atoms with Crippen molar-refractivity contribution >= 4 is 33.2 Å². The van der Waals surface area contributed by atoms with Crippen LogP contribution in [0, 0.1) is 11.8 Å². The van der Waals surface area contributed by atoms with Gasteiger partial charge in [-0.05, 0) is 113 Å². The number of fused-ring (bicyclic) bond motifs is 3. The van der Waals surface area contributed by atoms with Gasteiger partial charge in [0.15, 0.2) is 0 Å². The maximum Gasteiger partial charge on any atom is 0.265 e. The monoisotopic (exact) mass is 728 g/mol. The maximum atomic E-state index is 13.7. The summed E-state index contributed by atoms with van der Waals surface area (Å²) in [5.41, 5.74) is 0.308. The average molecular weight is 729 g/mol. The second-order valence-corrected chi connectivity index (χ2v) is 17.4. The highest BCUT2D eigenvalue weighted by molar-refractivity contribution is 7.90. The number of piperazine rings is 1. The molecule has 10 nitrogen and oxygen atoms in total. The van der Waals surface area contributed by atoms with E-state index in [2.05, 4.69) is 33.3 Å². The number of anilines is 1. The van der Waals surface area contributed by atoms with E-state index in [-0.39, 0.29) is 23.3 Å². The van der Waals surface area contributed by atoms with Gasteiger partial charge in [0.1, 0.15) is 18.0 Å². The first kappa shape index (κ1) is 37.1. The number of nitrogens with zero attached hydrogens (tertiary/aromatic N) is 3. The van der Waals surface area contributed by atoms with Gasteiger partial charge in [-0.3, -0.25) is 14.6 Å². The fourth-order valence-electron chi connectivity index (χ4n) is 7.78. The van der Waals surface area contributed by atoms with Gasteiger partial charge >= 0.3 is 0 Å². The quantitative estimate of drug-likeness (QED) is 0.422. The minimum absolute atomic E-state index is 0.00745. The maximum absolute atomic E-state index is 13.7. The molecule has 1 aliphatic carbocycles. The molecule has 0 aromatic heterocycles. The number of aliphatic hydroxyl groups is 1. The lowest BCUT2D eigenvalue weighted by Gasteiger charge is -2.50. The number of amides is 1. The number of benzene rings is 2. The number of ether oxygens (including phenoxy) is 2. The molecule has 4 aliphatic rings. The van der Waals surface area contributed by atoms with Crippen LogP contribution in [0.15, 0.2) is 53.4 Å². The molecule has 2 aromatic carbocycles. The Labute approximate surface area is 302 Å². The molecule has 3 atom stereocenters. The largest absolute Gasteiger partial charge is 0.487 e. The van der Waals surface area contributed by atoms with Crippen LogP contribution in [0.4, 0.5) is 5.69 Å². The SMILES string of the molecule is CC(C)N1CCN(CC2(O)/C=C/COC(C)(C)C(=O)NS(=O)(=O)c3ccc4c(c3)N(CCCCc3cc(Cl)ccc3CO4)C[C@@H]3CC[C@H]32)CC1. The van der Waals surface area contributed by atoms with Crippen molar-refractivity contribution in [2.24, 2.45) is 11.8 Å². The van der Waals surface area contributed by atoms with Crippen LogP contribution < -0.4 is 14.4 Å². The molecule has 50 heavy (non-hydrogen) atoms. The fourth-order valence-corrected chi connectivity index (χ4v) is 9.10. The third-order valence-electron chi connectivity index (χ3n) is 11.1. The number of sulfonamides is 1.